The molecule has 1 N–H and O–H groups in total. The molecule has 2 atom stereocenters. The number of fused-ring (bicyclic) bond motifs is 6. The number of methoxy groups -OCH3 is 1. The Kier molecular flexibility index (Phi) is 4.47. The number of hydrogen-bond acceptors (Lipinski definition) is 5. The maximum Gasteiger partial charge on any atom is 0.329 e. The summed E-state index contributed by atoms with van der Waals surface area (Å²) in [6.07, 6.45) is 2.18. The van der Waals surface area contributed by atoms with E-state index in [1.807, 2.05) is 24.3 Å². The number of rotatable bonds is 4. The molecule has 7 heteroatoms. The van der Waals surface area contributed by atoms with Crippen molar-refractivity contribution in [1.82, 2.24) is 14.5 Å². The molecule has 6 rings (SSSR count). The minimum Gasteiger partial charge on any atom is -0.496 e. The first kappa shape index (κ1) is 19.4. The van der Waals surface area contributed by atoms with Crippen LogP contribution in [-0.2, 0) is 13.0 Å². The van der Waals surface area contributed by atoms with Gasteiger partial charge in [0.15, 0.2) is 0 Å². The normalized spacial score (nSPS) is 20.5. The van der Waals surface area contributed by atoms with E-state index in [2.05, 4.69) is 22.0 Å². The third-order valence-corrected chi connectivity index (χ3v) is 7.22. The number of aromatic amines is 1. The van der Waals surface area contributed by atoms with Gasteiger partial charge in [-0.25, -0.2) is 4.79 Å². The van der Waals surface area contributed by atoms with E-state index >= 15 is 0 Å². The lowest BCUT2D eigenvalue weighted by Crippen LogP contribution is -2.38. The van der Waals surface area contributed by atoms with E-state index in [4.69, 9.17) is 9.15 Å². The number of nitrogens with one attached hydrogen (secondary N) is 1. The van der Waals surface area contributed by atoms with Crippen LogP contribution in [0.2, 0.25) is 0 Å². The summed E-state index contributed by atoms with van der Waals surface area (Å²) < 4.78 is 12.6. The second kappa shape index (κ2) is 7.38. The molecule has 4 aromatic rings. The standard InChI is InChI=1S/C25H25N3O4/c1-31-20-8-4-6-16-17(20)10-9-15-13-27(14-19(15)16)11-12-28-24(29)23-22(26-25(28)30)18-5-2-3-7-21(18)32-23/h2-8,15,19H,9-14H2,1H3,(H,26,30)/t15-,19+/m1/s1. The Balaban J connectivity index is 1.25. The van der Waals surface area contributed by atoms with Gasteiger partial charge in [0.1, 0.15) is 16.8 Å². The van der Waals surface area contributed by atoms with Crippen molar-refractivity contribution in [3.8, 4) is 5.75 Å². The number of ether oxygens (including phenoxy) is 1. The number of benzene rings is 2. The molecule has 0 amide bonds. The fraction of sp³-hybridized carbons (Fsp3) is 0.360. The molecule has 32 heavy (non-hydrogen) atoms. The molecule has 164 valence electrons. The maximum absolute atomic E-state index is 13.0. The van der Waals surface area contributed by atoms with Crippen molar-refractivity contribution in [2.24, 2.45) is 5.92 Å². The first-order valence-electron chi connectivity index (χ1n) is 11.2. The molecule has 2 aromatic carbocycles. The average molecular weight is 431 g/mol. The van der Waals surface area contributed by atoms with Crippen LogP contribution in [0.1, 0.15) is 23.5 Å². The largest absolute Gasteiger partial charge is 0.496 e. The minimum atomic E-state index is -0.388. The van der Waals surface area contributed by atoms with Gasteiger partial charge in [0.25, 0.3) is 5.56 Å². The smallest absolute Gasteiger partial charge is 0.329 e. The molecule has 2 aromatic heterocycles. The molecule has 0 unspecified atom stereocenters. The molecule has 7 nitrogen and oxygen atoms in total. The van der Waals surface area contributed by atoms with E-state index in [-0.39, 0.29) is 16.8 Å². The number of para-hydroxylation sites is 1. The van der Waals surface area contributed by atoms with E-state index in [0.29, 0.717) is 36.0 Å². The predicted molar refractivity (Wildman–Crippen MR) is 123 cm³/mol. The number of aromatic nitrogens is 2. The summed E-state index contributed by atoms with van der Waals surface area (Å²) in [4.78, 5) is 31.0. The van der Waals surface area contributed by atoms with Crippen molar-refractivity contribution < 1.29 is 9.15 Å². The SMILES string of the molecule is COc1cccc2c1CC[C@@H]1CN(CCn3c(=O)[nH]c4c(oc5ccccc54)c3=O)C[C@H]21. The maximum atomic E-state index is 13.0. The Labute approximate surface area is 184 Å². The van der Waals surface area contributed by atoms with Gasteiger partial charge in [-0.2, -0.15) is 0 Å². The minimum absolute atomic E-state index is 0.210. The lowest BCUT2D eigenvalue weighted by Gasteiger charge is -2.28. The van der Waals surface area contributed by atoms with Crippen molar-refractivity contribution in [3.05, 3.63) is 74.4 Å². The summed E-state index contributed by atoms with van der Waals surface area (Å²) >= 11 is 0. The van der Waals surface area contributed by atoms with Gasteiger partial charge < -0.3 is 19.0 Å². The zero-order chi connectivity index (χ0) is 21.8. The van der Waals surface area contributed by atoms with E-state index in [1.54, 1.807) is 13.2 Å². The second-order valence-electron chi connectivity index (χ2n) is 8.88. The van der Waals surface area contributed by atoms with Crippen molar-refractivity contribution in [1.29, 1.82) is 0 Å². The van der Waals surface area contributed by atoms with Gasteiger partial charge in [-0.1, -0.05) is 24.3 Å². The molecule has 1 fully saturated rings. The highest BCUT2D eigenvalue weighted by Gasteiger charge is 2.38. The first-order valence-corrected chi connectivity index (χ1v) is 11.2. The molecule has 0 bridgehead atoms. The Hall–Kier alpha value is -3.32. The van der Waals surface area contributed by atoms with E-state index in [0.717, 1.165) is 37.1 Å². The Bertz CT molecular complexity index is 1450. The third-order valence-electron chi connectivity index (χ3n) is 7.22. The lowest BCUT2D eigenvalue weighted by atomic mass is 9.77. The molecule has 1 saturated heterocycles. The molecular weight excluding hydrogens is 406 g/mol. The predicted octanol–water partition coefficient (Wildman–Crippen LogP) is 3.11. The summed E-state index contributed by atoms with van der Waals surface area (Å²) in [5.74, 6) is 2.06. The van der Waals surface area contributed by atoms with Crippen molar-refractivity contribution in [2.45, 2.75) is 25.3 Å². The van der Waals surface area contributed by atoms with Crippen LogP contribution in [0.4, 0.5) is 0 Å². The average Bonchev–Trinajstić information content (AvgIpc) is 3.40. The van der Waals surface area contributed by atoms with E-state index < -0.39 is 0 Å². The van der Waals surface area contributed by atoms with E-state index in [1.165, 1.54) is 15.7 Å². The Morgan fingerprint density at radius 3 is 2.84 bits per heavy atom. The topological polar surface area (TPSA) is 80.5 Å². The zero-order valence-electron chi connectivity index (χ0n) is 18.0. The zero-order valence-corrected chi connectivity index (χ0v) is 18.0. The molecule has 1 aliphatic heterocycles. The fourth-order valence-electron chi connectivity index (χ4n) is 5.66. The van der Waals surface area contributed by atoms with Crippen molar-refractivity contribution in [2.75, 3.05) is 26.7 Å². The summed E-state index contributed by atoms with van der Waals surface area (Å²) in [6, 6.07) is 13.7. The van der Waals surface area contributed by atoms with Gasteiger partial charge in [0.2, 0.25) is 5.58 Å². The number of likely N-dealkylation sites (tertiary alicyclic amines) is 1. The highest BCUT2D eigenvalue weighted by atomic mass is 16.5. The third kappa shape index (κ3) is 2.92. The van der Waals surface area contributed by atoms with Gasteiger partial charge >= 0.3 is 5.69 Å². The first-order chi connectivity index (χ1) is 15.6. The number of H-pyrrole nitrogens is 1. The molecule has 0 radical (unpaired) electrons. The molecule has 0 spiro atoms. The van der Waals surface area contributed by atoms with Crippen LogP contribution in [0.15, 0.2) is 56.5 Å². The summed E-state index contributed by atoms with van der Waals surface area (Å²) in [5.41, 5.74) is 3.26. The van der Waals surface area contributed by atoms with Crippen LogP contribution in [0, 0.1) is 5.92 Å². The van der Waals surface area contributed by atoms with Gasteiger partial charge in [-0.3, -0.25) is 9.36 Å². The van der Waals surface area contributed by atoms with Crippen LogP contribution in [-0.4, -0.2) is 41.2 Å². The molecule has 1 aliphatic carbocycles. The van der Waals surface area contributed by atoms with Crippen LogP contribution in [0.25, 0.3) is 22.1 Å². The fourth-order valence-corrected chi connectivity index (χ4v) is 5.66. The van der Waals surface area contributed by atoms with Gasteiger partial charge in [-0.15, -0.1) is 0 Å². The van der Waals surface area contributed by atoms with Crippen LogP contribution < -0.4 is 16.0 Å². The number of furan rings is 1. The number of hydrogen-bond donors (Lipinski definition) is 1. The second-order valence-corrected chi connectivity index (χ2v) is 8.88. The van der Waals surface area contributed by atoms with E-state index in [9.17, 15) is 9.59 Å². The number of nitrogens with zero attached hydrogens (tertiary/aromatic N) is 2. The van der Waals surface area contributed by atoms with Gasteiger partial charge in [-0.05, 0) is 48.1 Å². The molecule has 3 heterocycles. The van der Waals surface area contributed by atoms with Crippen LogP contribution in [0.5, 0.6) is 5.75 Å². The van der Waals surface area contributed by atoms with Gasteiger partial charge in [0.05, 0.1) is 7.11 Å². The van der Waals surface area contributed by atoms with Crippen molar-refractivity contribution in [3.63, 3.8) is 0 Å². The van der Waals surface area contributed by atoms with Gasteiger partial charge in [0, 0.05) is 37.5 Å². The molecule has 2 aliphatic rings. The lowest BCUT2D eigenvalue weighted by molar-refractivity contribution is 0.303. The highest BCUT2D eigenvalue weighted by molar-refractivity contribution is 6.01. The summed E-state index contributed by atoms with van der Waals surface area (Å²) in [7, 11) is 1.73. The Morgan fingerprint density at radius 2 is 1.97 bits per heavy atom. The molecule has 0 saturated carbocycles. The molecular formula is C25H25N3O4. The monoisotopic (exact) mass is 431 g/mol. The quantitative estimate of drug-likeness (QED) is 0.537. The van der Waals surface area contributed by atoms with Crippen LogP contribution in [0.3, 0.4) is 0 Å². The highest BCUT2D eigenvalue weighted by Crippen LogP contribution is 2.43. The van der Waals surface area contributed by atoms with Crippen molar-refractivity contribution >= 4 is 22.1 Å². The van der Waals surface area contributed by atoms with Crippen LogP contribution >= 0.6 is 0 Å². The Morgan fingerprint density at radius 1 is 1.09 bits per heavy atom. The summed E-state index contributed by atoms with van der Waals surface area (Å²) in [5, 5.41) is 0.751. The summed E-state index contributed by atoms with van der Waals surface area (Å²) in [6.45, 7) is 2.91.